The third kappa shape index (κ3) is 3.02. The van der Waals surface area contributed by atoms with Crippen LogP contribution in [0.3, 0.4) is 0 Å². The van der Waals surface area contributed by atoms with Gasteiger partial charge in [0.25, 0.3) is 0 Å². The molecule has 0 aliphatic rings. The lowest BCUT2D eigenvalue weighted by Gasteiger charge is -2.21. The van der Waals surface area contributed by atoms with Crippen molar-refractivity contribution in [2.24, 2.45) is 0 Å². The quantitative estimate of drug-likeness (QED) is 0.627. The van der Waals surface area contributed by atoms with E-state index in [-0.39, 0.29) is 0 Å². The van der Waals surface area contributed by atoms with E-state index in [0.717, 1.165) is 5.56 Å². The van der Waals surface area contributed by atoms with E-state index in [4.69, 9.17) is 11.6 Å². The fourth-order valence-corrected chi connectivity index (χ4v) is 1.49. The van der Waals surface area contributed by atoms with Crippen LogP contribution in [0.2, 0.25) is 5.02 Å². The summed E-state index contributed by atoms with van der Waals surface area (Å²) in [6.07, 6.45) is 1.83. The van der Waals surface area contributed by atoms with E-state index in [1.165, 1.54) is 6.08 Å². The lowest BCUT2D eigenvalue weighted by atomic mass is 9.90. The second-order valence-electron chi connectivity index (χ2n) is 3.38. The van der Waals surface area contributed by atoms with Gasteiger partial charge in [0, 0.05) is 11.4 Å². The van der Waals surface area contributed by atoms with Crippen LogP contribution in [0.5, 0.6) is 0 Å². The van der Waals surface area contributed by atoms with Gasteiger partial charge in [-0.25, -0.2) is 0 Å². The Morgan fingerprint density at radius 2 is 2.06 bits per heavy atom. The molecule has 1 unspecified atom stereocenters. The molecule has 16 heavy (non-hydrogen) atoms. The Hall–Kier alpha value is -1.45. The minimum Gasteiger partial charge on any atom is -0.379 e. The average molecular weight is 233 g/mol. The number of halogens is 1. The van der Waals surface area contributed by atoms with E-state index in [9.17, 15) is 5.11 Å². The number of hydrogen-bond acceptors (Lipinski definition) is 1. The number of aliphatic hydroxyl groups is 1. The highest BCUT2D eigenvalue weighted by molar-refractivity contribution is 6.30. The standard InChI is InChI=1S/C14H13ClO/c1-3-5-11-14(16,10-4-2)12-6-8-13(15)9-7-12/h6-10,16H,2,11H2,1H3. The summed E-state index contributed by atoms with van der Waals surface area (Å²) in [7, 11) is 0. The first-order valence-electron chi connectivity index (χ1n) is 4.87. The topological polar surface area (TPSA) is 20.2 Å². The summed E-state index contributed by atoms with van der Waals surface area (Å²) in [5.74, 6) is 5.61. The summed E-state index contributed by atoms with van der Waals surface area (Å²) >= 11 is 5.80. The van der Waals surface area contributed by atoms with E-state index in [1.54, 1.807) is 31.2 Å². The predicted octanol–water partition coefficient (Wildman–Crippen LogP) is 3.28. The molecule has 0 heterocycles. The van der Waals surface area contributed by atoms with Gasteiger partial charge in [-0.1, -0.05) is 36.2 Å². The molecule has 2 heteroatoms. The van der Waals surface area contributed by atoms with Crippen LogP contribution in [0.15, 0.2) is 42.7 Å². The third-order valence-electron chi connectivity index (χ3n) is 2.22. The number of benzene rings is 1. The van der Waals surface area contributed by atoms with Crippen LogP contribution in [-0.4, -0.2) is 5.11 Å². The van der Waals surface area contributed by atoms with Crippen molar-refractivity contribution in [3.63, 3.8) is 0 Å². The molecule has 0 aliphatic heterocycles. The smallest absolute Gasteiger partial charge is 0.126 e. The Morgan fingerprint density at radius 3 is 2.56 bits per heavy atom. The summed E-state index contributed by atoms with van der Waals surface area (Å²) < 4.78 is 0. The molecule has 0 aliphatic carbocycles. The minimum absolute atomic E-state index is 0.313. The zero-order chi connectivity index (χ0) is 12.0. The van der Waals surface area contributed by atoms with E-state index in [2.05, 4.69) is 24.2 Å². The van der Waals surface area contributed by atoms with Gasteiger partial charge in [0.1, 0.15) is 5.60 Å². The fraction of sp³-hybridized carbons (Fsp3) is 0.214. The Morgan fingerprint density at radius 1 is 1.44 bits per heavy atom. The zero-order valence-electron chi connectivity index (χ0n) is 9.13. The molecular formula is C14H13ClO. The van der Waals surface area contributed by atoms with Crippen molar-refractivity contribution in [1.29, 1.82) is 0 Å². The van der Waals surface area contributed by atoms with Crippen molar-refractivity contribution in [1.82, 2.24) is 0 Å². The molecule has 0 aromatic heterocycles. The number of rotatable bonds is 3. The molecule has 1 atom stereocenters. The molecule has 0 fully saturated rings. The highest BCUT2D eigenvalue weighted by atomic mass is 35.5. The Bertz CT molecular complexity index is 458. The predicted molar refractivity (Wildman–Crippen MR) is 67.1 cm³/mol. The van der Waals surface area contributed by atoms with Gasteiger partial charge in [-0.3, -0.25) is 0 Å². The van der Waals surface area contributed by atoms with Gasteiger partial charge in [-0.2, -0.15) is 0 Å². The van der Waals surface area contributed by atoms with Gasteiger partial charge in [0.15, 0.2) is 0 Å². The van der Waals surface area contributed by atoms with E-state index < -0.39 is 5.60 Å². The van der Waals surface area contributed by atoms with Crippen LogP contribution in [0.4, 0.5) is 0 Å². The van der Waals surface area contributed by atoms with Crippen LogP contribution in [0.25, 0.3) is 0 Å². The Balaban J connectivity index is 3.13. The first-order valence-corrected chi connectivity index (χ1v) is 5.25. The molecule has 1 aromatic rings. The maximum Gasteiger partial charge on any atom is 0.126 e. The molecule has 0 amide bonds. The molecule has 1 N–H and O–H groups in total. The first kappa shape index (κ1) is 12.6. The molecule has 1 rings (SSSR count). The van der Waals surface area contributed by atoms with Gasteiger partial charge >= 0.3 is 0 Å². The maximum absolute atomic E-state index is 10.4. The summed E-state index contributed by atoms with van der Waals surface area (Å²) in [5.41, 5.74) is 2.19. The summed E-state index contributed by atoms with van der Waals surface area (Å²) in [5, 5.41) is 11.0. The molecule has 0 spiro atoms. The molecule has 82 valence electrons. The van der Waals surface area contributed by atoms with Crippen molar-refractivity contribution in [2.45, 2.75) is 18.9 Å². The van der Waals surface area contributed by atoms with Crippen molar-refractivity contribution in [2.75, 3.05) is 0 Å². The highest BCUT2D eigenvalue weighted by Crippen LogP contribution is 2.27. The monoisotopic (exact) mass is 232 g/mol. The normalized spacial score (nSPS) is 12.9. The van der Waals surface area contributed by atoms with Gasteiger partial charge in [-0.15, -0.1) is 11.7 Å². The Kier molecular flexibility index (Phi) is 4.40. The van der Waals surface area contributed by atoms with Crippen LogP contribution in [0, 0.1) is 11.8 Å². The molecule has 1 nitrogen and oxygen atoms in total. The highest BCUT2D eigenvalue weighted by Gasteiger charge is 2.24. The molecule has 0 radical (unpaired) electrons. The SMILES string of the molecule is C=C=CC(O)(CC#CC)c1ccc(Cl)cc1. The zero-order valence-corrected chi connectivity index (χ0v) is 9.88. The molecule has 0 saturated carbocycles. The minimum atomic E-state index is -1.14. The van der Waals surface area contributed by atoms with E-state index in [0.29, 0.717) is 11.4 Å². The molecular weight excluding hydrogens is 220 g/mol. The molecule has 1 aromatic carbocycles. The van der Waals surface area contributed by atoms with Crippen LogP contribution < -0.4 is 0 Å². The molecule has 0 saturated heterocycles. The largest absolute Gasteiger partial charge is 0.379 e. The Labute approximate surface area is 101 Å². The lowest BCUT2D eigenvalue weighted by Crippen LogP contribution is -2.21. The first-order chi connectivity index (χ1) is 7.62. The van der Waals surface area contributed by atoms with Crippen molar-refractivity contribution in [3.8, 4) is 11.8 Å². The van der Waals surface area contributed by atoms with Gasteiger partial charge in [0.05, 0.1) is 0 Å². The van der Waals surface area contributed by atoms with Gasteiger partial charge in [-0.05, 0) is 30.7 Å². The van der Waals surface area contributed by atoms with Crippen LogP contribution in [-0.2, 0) is 5.60 Å². The second-order valence-corrected chi connectivity index (χ2v) is 3.82. The molecule has 0 bridgehead atoms. The second kappa shape index (κ2) is 5.58. The van der Waals surface area contributed by atoms with E-state index in [1.807, 2.05) is 0 Å². The third-order valence-corrected chi connectivity index (χ3v) is 2.47. The van der Waals surface area contributed by atoms with Crippen molar-refractivity contribution < 1.29 is 5.11 Å². The fourth-order valence-electron chi connectivity index (χ4n) is 1.37. The average Bonchev–Trinajstić information content (AvgIpc) is 2.27. The number of hydrogen-bond donors (Lipinski definition) is 1. The summed E-state index contributed by atoms with van der Waals surface area (Å²) in [6, 6.07) is 7.01. The van der Waals surface area contributed by atoms with Crippen LogP contribution in [0.1, 0.15) is 18.9 Å². The van der Waals surface area contributed by atoms with Gasteiger partial charge in [0.2, 0.25) is 0 Å². The maximum atomic E-state index is 10.4. The summed E-state index contributed by atoms with van der Waals surface area (Å²) in [4.78, 5) is 0. The van der Waals surface area contributed by atoms with Crippen molar-refractivity contribution >= 4 is 11.6 Å². The van der Waals surface area contributed by atoms with E-state index >= 15 is 0 Å². The van der Waals surface area contributed by atoms with Gasteiger partial charge < -0.3 is 5.11 Å². The lowest BCUT2D eigenvalue weighted by molar-refractivity contribution is 0.0955. The summed E-state index contributed by atoms with van der Waals surface area (Å²) in [6.45, 7) is 5.22. The van der Waals surface area contributed by atoms with Crippen LogP contribution >= 0.6 is 11.6 Å². The van der Waals surface area contributed by atoms with Crippen molar-refractivity contribution in [3.05, 3.63) is 53.2 Å².